The Bertz CT molecular complexity index is 934. The summed E-state index contributed by atoms with van der Waals surface area (Å²) in [5.41, 5.74) is -0.810. The number of nitrogens with one attached hydrogen (secondary N) is 1. The highest BCUT2D eigenvalue weighted by Crippen LogP contribution is 2.20. The SMILES string of the molecule is Cn1cc(C(=O)N2CCOCC2)cc(NC(=O)c2c(F)cccc2Cl)c1=O. The molecule has 0 radical (unpaired) electrons. The number of hydrogen-bond acceptors (Lipinski definition) is 4. The lowest BCUT2D eigenvalue weighted by Crippen LogP contribution is -2.41. The van der Waals surface area contributed by atoms with Crippen molar-refractivity contribution in [2.24, 2.45) is 7.05 Å². The fourth-order valence-corrected chi connectivity index (χ4v) is 3.02. The first-order valence-corrected chi connectivity index (χ1v) is 8.59. The van der Waals surface area contributed by atoms with Gasteiger partial charge in [0.25, 0.3) is 17.4 Å². The molecule has 27 heavy (non-hydrogen) atoms. The van der Waals surface area contributed by atoms with E-state index in [1.54, 1.807) is 4.90 Å². The molecule has 0 bridgehead atoms. The van der Waals surface area contributed by atoms with Crippen LogP contribution in [0.4, 0.5) is 10.1 Å². The van der Waals surface area contributed by atoms with E-state index in [1.807, 2.05) is 0 Å². The van der Waals surface area contributed by atoms with E-state index in [4.69, 9.17) is 16.3 Å². The van der Waals surface area contributed by atoms with Gasteiger partial charge in [0.2, 0.25) is 0 Å². The van der Waals surface area contributed by atoms with Crippen LogP contribution in [0.25, 0.3) is 0 Å². The number of nitrogens with zero attached hydrogens (tertiary/aromatic N) is 2. The Morgan fingerprint density at radius 1 is 1.26 bits per heavy atom. The molecule has 0 aliphatic carbocycles. The van der Waals surface area contributed by atoms with Crippen LogP contribution in [-0.2, 0) is 11.8 Å². The van der Waals surface area contributed by atoms with Crippen molar-refractivity contribution in [2.45, 2.75) is 0 Å². The fourth-order valence-electron chi connectivity index (χ4n) is 2.77. The molecule has 142 valence electrons. The number of morpholine rings is 1. The van der Waals surface area contributed by atoms with Gasteiger partial charge in [0.15, 0.2) is 0 Å². The predicted molar refractivity (Wildman–Crippen MR) is 97.8 cm³/mol. The van der Waals surface area contributed by atoms with Crippen molar-refractivity contribution in [1.29, 1.82) is 0 Å². The number of benzene rings is 1. The number of anilines is 1. The molecule has 2 aromatic rings. The monoisotopic (exact) mass is 393 g/mol. The minimum absolute atomic E-state index is 0.0788. The van der Waals surface area contributed by atoms with Crippen molar-refractivity contribution in [1.82, 2.24) is 9.47 Å². The summed E-state index contributed by atoms with van der Waals surface area (Å²) in [7, 11) is 1.46. The van der Waals surface area contributed by atoms with Crippen molar-refractivity contribution < 1.29 is 18.7 Å². The minimum Gasteiger partial charge on any atom is -0.378 e. The average molecular weight is 394 g/mol. The van der Waals surface area contributed by atoms with Crippen LogP contribution in [0.1, 0.15) is 20.7 Å². The summed E-state index contributed by atoms with van der Waals surface area (Å²) in [5, 5.41) is 2.28. The normalized spacial score (nSPS) is 14.1. The molecule has 7 nitrogen and oxygen atoms in total. The summed E-state index contributed by atoms with van der Waals surface area (Å²) in [6.07, 6.45) is 1.39. The van der Waals surface area contributed by atoms with Crippen LogP contribution in [0.5, 0.6) is 0 Å². The number of aromatic nitrogens is 1. The highest BCUT2D eigenvalue weighted by atomic mass is 35.5. The van der Waals surface area contributed by atoms with Crippen LogP contribution < -0.4 is 10.9 Å². The Balaban J connectivity index is 1.91. The lowest BCUT2D eigenvalue weighted by Gasteiger charge is -2.27. The molecule has 1 aliphatic rings. The Kier molecular flexibility index (Phi) is 5.57. The first kappa shape index (κ1) is 19.1. The lowest BCUT2D eigenvalue weighted by molar-refractivity contribution is 0.0302. The smallest absolute Gasteiger partial charge is 0.274 e. The molecule has 2 heterocycles. The molecule has 0 unspecified atom stereocenters. The van der Waals surface area contributed by atoms with Gasteiger partial charge in [-0.3, -0.25) is 14.4 Å². The number of carbonyl (C=O) groups is 2. The number of pyridine rings is 1. The highest BCUT2D eigenvalue weighted by Gasteiger charge is 2.22. The number of rotatable bonds is 3. The van der Waals surface area contributed by atoms with Crippen LogP contribution in [-0.4, -0.2) is 47.6 Å². The van der Waals surface area contributed by atoms with Gasteiger partial charge >= 0.3 is 0 Å². The molecule has 2 amide bonds. The van der Waals surface area contributed by atoms with E-state index < -0.39 is 17.3 Å². The Labute approximate surface area is 159 Å². The van der Waals surface area contributed by atoms with Gasteiger partial charge in [-0.1, -0.05) is 17.7 Å². The summed E-state index contributed by atoms with van der Waals surface area (Å²) in [5.74, 6) is -1.96. The summed E-state index contributed by atoms with van der Waals surface area (Å²) < 4.78 is 20.3. The van der Waals surface area contributed by atoms with E-state index in [1.165, 1.54) is 36.0 Å². The number of ether oxygens (including phenoxy) is 1. The maximum Gasteiger partial charge on any atom is 0.274 e. The molecule has 1 aliphatic heterocycles. The number of carbonyl (C=O) groups excluding carboxylic acids is 2. The van der Waals surface area contributed by atoms with Gasteiger partial charge in [0.1, 0.15) is 11.5 Å². The summed E-state index contributed by atoms with van der Waals surface area (Å²) in [6, 6.07) is 5.12. The number of amides is 2. The Hall–Kier alpha value is -2.71. The molecule has 1 aromatic heterocycles. The zero-order valence-corrected chi connectivity index (χ0v) is 15.3. The van der Waals surface area contributed by atoms with E-state index in [0.717, 1.165) is 6.07 Å². The van der Waals surface area contributed by atoms with Crippen LogP contribution in [0.2, 0.25) is 5.02 Å². The van der Waals surface area contributed by atoms with E-state index in [0.29, 0.717) is 26.3 Å². The summed E-state index contributed by atoms with van der Waals surface area (Å²) in [4.78, 5) is 39.0. The summed E-state index contributed by atoms with van der Waals surface area (Å²) >= 11 is 5.89. The second-order valence-corrected chi connectivity index (χ2v) is 6.42. The maximum absolute atomic E-state index is 13.9. The standard InChI is InChI=1S/C18H17ClFN3O4/c1-22-10-11(17(25)23-5-7-27-8-6-23)9-14(18(22)26)21-16(24)15-12(19)3-2-4-13(15)20/h2-4,9-10H,5-8H2,1H3,(H,21,24). The van der Waals surface area contributed by atoms with Gasteiger partial charge in [0.05, 0.1) is 29.4 Å². The van der Waals surface area contributed by atoms with Gasteiger partial charge in [-0.15, -0.1) is 0 Å². The fraction of sp³-hybridized carbons (Fsp3) is 0.278. The molecule has 9 heteroatoms. The molecule has 0 atom stereocenters. The largest absolute Gasteiger partial charge is 0.378 e. The van der Waals surface area contributed by atoms with Gasteiger partial charge < -0.3 is 19.5 Å². The third-order valence-electron chi connectivity index (χ3n) is 4.17. The lowest BCUT2D eigenvalue weighted by atomic mass is 10.1. The van der Waals surface area contributed by atoms with Gasteiger partial charge in [-0.05, 0) is 18.2 Å². The first-order valence-electron chi connectivity index (χ1n) is 8.21. The van der Waals surface area contributed by atoms with Crippen LogP contribution in [0.3, 0.4) is 0 Å². The third kappa shape index (κ3) is 4.01. The van der Waals surface area contributed by atoms with Crippen LogP contribution in [0.15, 0.2) is 35.3 Å². The molecular weight excluding hydrogens is 377 g/mol. The first-order chi connectivity index (χ1) is 12.9. The van der Waals surface area contributed by atoms with Crippen molar-refractivity contribution in [3.05, 3.63) is 62.8 Å². The van der Waals surface area contributed by atoms with Crippen LogP contribution >= 0.6 is 11.6 Å². The minimum atomic E-state index is -0.869. The quantitative estimate of drug-likeness (QED) is 0.863. The van der Waals surface area contributed by atoms with E-state index in [-0.39, 0.29) is 27.7 Å². The molecule has 0 spiro atoms. The van der Waals surface area contributed by atoms with Gasteiger partial charge in [-0.2, -0.15) is 0 Å². The van der Waals surface area contributed by atoms with Gasteiger partial charge in [0, 0.05) is 26.3 Å². The predicted octanol–water partition coefficient (Wildman–Crippen LogP) is 1.90. The summed E-state index contributed by atoms with van der Waals surface area (Å²) in [6.45, 7) is 1.75. The topological polar surface area (TPSA) is 80.6 Å². The second-order valence-electron chi connectivity index (χ2n) is 6.01. The van der Waals surface area contributed by atoms with Crippen molar-refractivity contribution in [3.63, 3.8) is 0 Å². The zero-order chi connectivity index (χ0) is 19.6. The van der Waals surface area contributed by atoms with E-state index >= 15 is 0 Å². The van der Waals surface area contributed by atoms with E-state index in [2.05, 4.69) is 5.32 Å². The van der Waals surface area contributed by atoms with Crippen molar-refractivity contribution in [3.8, 4) is 0 Å². The van der Waals surface area contributed by atoms with E-state index in [9.17, 15) is 18.8 Å². The number of aryl methyl sites for hydroxylation is 1. The van der Waals surface area contributed by atoms with Gasteiger partial charge in [-0.25, -0.2) is 4.39 Å². The molecule has 0 saturated carbocycles. The van der Waals surface area contributed by atoms with Crippen LogP contribution in [0, 0.1) is 5.82 Å². The number of hydrogen-bond donors (Lipinski definition) is 1. The molecule has 1 aromatic carbocycles. The molecule has 1 fully saturated rings. The zero-order valence-electron chi connectivity index (χ0n) is 14.5. The average Bonchev–Trinajstić information content (AvgIpc) is 2.65. The molecular formula is C18H17ClFN3O4. The Morgan fingerprint density at radius 2 is 1.96 bits per heavy atom. The second kappa shape index (κ2) is 7.89. The Morgan fingerprint density at radius 3 is 2.63 bits per heavy atom. The van der Waals surface area contributed by atoms with Crippen molar-refractivity contribution >= 4 is 29.1 Å². The molecule has 1 N–H and O–H groups in total. The molecule has 3 rings (SSSR count). The third-order valence-corrected chi connectivity index (χ3v) is 4.48. The van der Waals surface area contributed by atoms with Crippen molar-refractivity contribution in [2.75, 3.05) is 31.6 Å². The number of halogens is 2. The molecule has 1 saturated heterocycles. The maximum atomic E-state index is 13.9. The highest BCUT2D eigenvalue weighted by molar-refractivity contribution is 6.34.